The summed E-state index contributed by atoms with van der Waals surface area (Å²) in [6, 6.07) is 9.06. The van der Waals surface area contributed by atoms with Crippen LogP contribution in [0.4, 0.5) is 0 Å². The van der Waals surface area contributed by atoms with E-state index < -0.39 is 10.0 Å². The van der Waals surface area contributed by atoms with Gasteiger partial charge in [-0.1, -0.05) is 17.8 Å². The maximum Gasteiger partial charge on any atom is 0.244 e. The lowest BCUT2D eigenvalue weighted by molar-refractivity contribution is -0.129. The van der Waals surface area contributed by atoms with Gasteiger partial charge in [0.1, 0.15) is 18.1 Å². The van der Waals surface area contributed by atoms with Crippen LogP contribution < -0.4 is 9.47 Å². The van der Waals surface area contributed by atoms with Crippen LogP contribution in [0.1, 0.15) is 24.4 Å². The lowest BCUT2D eigenvalue weighted by atomic mass is 10.0. The molecule has 3 heterocycles. The third kappa shape index (κ3) is 4.65. The van der Waals surface area contributed by atoms with Crippen molar-refractivity contribution in [2.45, 2.75) is 28.8 Å². The minimum absolute atomic E-state index is 0.0181. The highest BCUT2D eigenvalue weighted by Crippen LogP contribution is 2.38. The molecule has 1 aromatic carbocycles. The van der Waals surface area contributed by atoms with Gasteiger partial charge in [-0.25, -0.2) is 17.7 Å². The van der Waals surface area contributed by atoms with E-state index >= 15 is 0 Å². The maximum absolute atomic E-state index is 12.9. The third-order valence-corrected chi connectivity index (χ3v) is 8.08. The zero-order valence-corrected chi connectivity index (χ0v) is 19.1. The van der Waals surface area contributed by atoms with Crippen LogP contribution in [0.2, 0.25) is 0 Å². The molecule has 1 fully saturated rings. The van der Waals surface area contributed by atoms with E-state index in [4.69, 9.17) is 9.47 Å². The van der Waals surface area contributed by atoms with Gasteiger partial charge in [0.25, 0.3) is 0 Å². The normalized spacial score (nSPS) is 18.4. The number of amides is 1. The first-order chi connectivity index (χ1) is 14.9. The van der Waals surface area contributed by atoms with Crippen LogP contribution in [0.15, 0.2) is 46.5 Å². The Balaban J connectivity index is 1.40. The summed E-state index contributed by atoms with van der Waals surface area (Å²) in [7, 11) is -0.561. The van der Waals surface area contributed by atoms with E-state index in [1.165, 1.54) is 38.1 Å². The van der Waals surface area contributed by atoms with Crippen molar-refractivity contribution in [1.82, 2.24) is 14.2 Å². The van der Waals surface area contributed by atoms with Gasteiger partial charge in [0.2, 0.25) is 15.9 Å². The smallest absolute Gasteiger partial charge is 0.244 e. The second kappa shape index (κ2) is 9.05. The van der Waals surface area contributed by atoms with Crippen LogP contribution >= 0.6 is 11.8 Å². The van der Waals surface area contributed by atoms with Crippen molar-refractivity contribution in [3.05, 3.63) is 42.1 Å². The fraction of sp³-hybridized carbons (Fsp3) is 0.429. The van der Waals surface area contributed by atoms with Gasteiger partial charge in [-0.05, 0) is 42.7 Å². The Morgan fingerprint density at radius 3 is 2.68 bits per heavy atom. The largest absolute Gasteiger partial charge is 0.486 e. The summed E-state index contributed by atoms with van der Waals surface area (Å²) in [5.41, 5.74) is 1.05. The van der Waals surface area contributed by atoms with Gasteiger partial charge in [-0.3, -0.25) is 4.79 Å². The summed E-state index contributed by atoms with van der Waals surface area (Å²) in [4.78, 5) is 19.2. The van der Waals surface area contributed by atoms with Crippen LogP contribution in [-0.4, -0.2) is 68.1 Å². The van der Waals surface area contributed by atoms with Crippen LogP contribution in [0.5, 0.6) is 11.5 Å². The second-order valence-corrected chi connectivity index (χ2v) is 10.7. The molecule has 0 bridgehead atoms. The van der Waals surface area contributed by atoms with Crippen molar-refractivity contribution < 1.29 is 22.7 Å². The number of hydrogen-bond acceptors (Lipinski definition) is 7. The standard InChI is InChI=1S/C21H25N3O5S2/c1-23(2)31(26,27)16-6-8-20(22-13-16)30-14-21(25)24-9-3-4-17(24)15-5-7-18-19(12-15)29-11-10-28-18/h5-8,12-13,17H,3-4,9-11,14H2,1-2H3. The van der Waals surface area contributed by atoms with Crippen LogP contribution in [0.25, 0.3) is 0 Å². The number of likely N-dealkylation sites (tertiary alicyclic amines) is 1. The molecule has 31 heavy (non-hydrogen) atoms. The number of pyridine rings is 1. The molecule has 10 heteroatoms. The molecule has 1 unspecified atom stereocenters. The van der Waals surface area contributed by atoms with Crippen molar-refractivity contribution in [3.63, 3.8) is 0 Å². The number of benzene rings is 1. The first-order valence-electron chi connectivity index (χ1n) is 10.1. The maximum atomic E-state index is 12.9. The van der Waals surface area contributed by atoms with E-state index in [-0.39, 0.29) is 22.6 Å². The molecular weight excluding hydrogens is 438 g/mol. The molecule has 0 N–H and O–H groups in total. The lowest BCUT2D eigenvalue weighted by Crippen LogP contribution is -2.32. The van der Waals surface area contributed by atoms with E-state index in [0.717, 1.165) is 34.2 Å². The summed E-state index contributed by atoms with van der Waals surface area (Å²) in [6.45, 7) is 1.79. The first kappa shape index (κ1) is 21.9. The Morgan fingerprint density at radius 1 is 1.19 bits per heavy atom. The van der Waals surface area contributed by atoms with Crippen molar-refractivity contribution in [3.8, 4) is 11.5 Å². The second-order valence-electron chi connectivity index (χ2n) is 7.56. The molecule has 1 atom stereocenters. The summed E-state index contributed by atoms with van der Waals surface area (Å²) < 4.78 is 36.7. The first-order valence-corrected chi connectivity index (χ1v) is 12.5. The number of fused-ring (bicyclic) bond motifs is 1. The van der Waals surface area contributed by atoms with Gasteiger partial charge < -0.3 is 14.4 Å². The van der Waals surface area contributed by atoms with Crippen LogP contribution in [0.3, 0.4) is 0 Å². The van der Waals surface area contributed by atoms with Gasteiger partial charge in [-0.15, -0.1) is 0 Å². The molecule has 2 aliphatic heterocycles. The molecule has 0 saturated carbocycles. The summed E-state index contributed by atoms with van der Waals surface area (Å²) in [5.74, 6) is 1.75. The molecule has 1 aromatic heterocycles. The Kier molecular flexibility index (Phi) is 6.40. The Morgan fingerprint density at radius 2 is 1.97 bits per heavy atom. The summed E-state index contributed by atoms with van der Waals surface area (Å²) >= 11 is 1.31. The highest BCUT2D eigenvalue weighted by atomic mass is 32.2. The van der Waals surface area contributed by atoms with E-state index in [1.54, 1.807) is 6.07 Å². The average molecular weight is 464 g/mol. The molecule has 2 aromatic rings. The van der Waals surface area contributed by atoms with Crippen LogP contribution in [-0.2, 0) is 14.8 Å². The van der Waals surface area contributed by atoms with Crippen molar-refractivity contribution in [2.75, 3.05) is 39.6 Å². The molecule has 0 radical (unpaired) electrons. The Hall–Kier alpha value is -2.30. The minimum Gasteiger partial charge on any atom is -0.486 e. The predicted molar refractivity (Wildman–Crippen MR) is 117 cm³/mol. The predicted octanol–water partition coefficient (Wildman–Crippen LogP) is 2.56. The lowest BCUT2D eigenvalue weighted by Gasteiger charge is -2.26. The van der Waals surface area contributed by atoms with E-state index in [1.807, 2.05) is 23.1 Å². The number of hydrogen-bond donors (Lipinski definition) is 0. The molecule has 0 aliphatic carbocycles. The van der Waals surface area contributed by atoms with Crippen LogP contribution in [0, 0.1) is 0 Å². The number of ether oxygens (including phenoxy) is 2. The monoisotopic (exact) mass is 463 g/mol. The zero-order valence-electron chi connectivity index (χ0n) is 17.5. The van der Waals surface area contributed by atoms with Gasteiger partial charge >= 0.3 is 0 Å². The number of sulfonamides is 1. The molecule has 4 rings (SSSR count). The van der Waals surface area contributed by atoms with E-state index in [0.29, 0.717) is 24.8 Å². The molecular formula is C21H25N3O5S2. The number of carbonyl (C=O) groups excluding carboxylic acids is 1. The summed E-state index contributed by atoms with van der Waals surface area (Å²) in [5, 5.41) is 0.612. The topological polar surface area (TPSA) is 89.0 Å². The van der Waals surface area contributed by atoms with E-state index in [2.05, 4.69) is 4.98 Å². The fourth-order valence-corrected chi connectivity index (χ4v) is 5.29. The van der Waals surface area contributed by atoms with Crippen molar-refractivity contribution in [1.29, 1.82) is 0 Å². The number of aromatic nitrogens is 1. The number of rotatable bonds is 6. The number of nitrogens with zero attached hydrogens (tertiary/aromatic N) is 3. The number of carbonyl (C=O) groups is 1. The quantitative estimate of drug-likeness (QED) is 0.608. The number of thioether (sulfide) groups is 1. The minimum atomic E-state index is -3.52. The SMILES string of the molecule is CN(C)S(=O)(=O)c1ccc(SCC(=O)N2CCCC2c2ccc3c(c2)OCCO3)nc1. The van der Waals surface area contributed by atoms with Crippen molar-refractivity contribution >= 4 is 27.7 Å². The van der Waals surface area contributed by atoms with E-state index in [9.17, 15) is 13.2 Å². The highest BCUT2D eigenvalue weighted by Gasteiger charge is 2.31. The Labute approximate surface area is 186 Å². The Bertz CT molecular complexity index is 1060. The third-order valence-electron chi connectivity index (χ3n) is 5.36. The molecule has 2 aliphatic rings. The van der Waals surface area contributed by atoms with Crippen molar-refractivity contribution in [2.24, 2.45) is 0 Å². The highest BCUT2D eigenvalue weighted by molar-refractivity contribution is 7.99. The molecule has 0 spiro atoms. The zero-order chi connectivity index (χ0) is 22.0. The summed E-state index contributed by atoms with van der Waals surface area (Å²) in [6.07, 6.45) is 3.19. The molecule has 1 saturated heterocycles. The van der Waals surface area contributed by atoms with Gasteiger partial charge in [0, 0.05) is 26.8 Å². The molecule has 8 nitrogen and oxygen atoms in total. The van der Waals surface area contributed by atoms with Gasteiger partial charge in [-0.2, -0.15) is 0 Å². The average Bonchev–Trinajstić information content (AvgIpc) is 3.27. The fourth-order valence-electron chi connectivity index (χ4n) is 3.71. The van der Waals surface area contributed by atoms with Gasteiger partial charge in [0.05, 0.1) is 16.8 Å². The van der Waals surface area contributed by atoms with Gasteiger partial charge in [0.15, 0.2) is 11.5 Å². The molecule has 166 valence electrons. The molecule has 1 amide bonds.